The second kappa shape index (κ2) is 8.08. The van der Waals surface area contributed by atoms with Gasteiger partial charge in [-0.3, -0.25) is 0 Å². The van der Waals surface area contributed by atoms with E-state index in [0.29, 0.717) is 5.38 Å². The van der Waals surface area contributed by atoms with Crippen LogP contribution in [0.1, 0.15) is 63.0 Å². The van der Waals surface area contributed by atoms with Gasteiger partial charge in [-0.15, -0.1) is 11.6 Å². The summed E-state index contributed by atoms with van der Waals surface area (Å²) in [5, 5.41) is 0.322. The molecule has 0 bridgehead atoms. The van der Waals surface area contributed by atoms with Gasteiger partial charge < -0.3 is 0 Å². The van der Waals surface area contributed by atoms with E-state index in [4.69, 9.17) is 11.6 Å². The molecule has 0 nitrogen and oxygen atoms in total. The van der Waals surface area contributed by atoms with Crippen molar-refractivity contribution in [3.8, 4) is 0 Å². The maximum Gasteiger partial charge on any atom is 0.0404 e. The smallest absolute Gasteiger partial charge is 0.0404 e. The molecule has 1 fully saturated rings. The summed E-state index contributed by atoms with van der Waals surface area (Å²) in [4.78, 5) is 0. The Balaban J connectivity index is 1.80. The third kappa shape index (κ3) is 4.52. The lowest BCUT2D eigenvalue weighted by atomic mass is 9.77. The van der Waals surface area contributed by atoms with Crippen molar-refractivity contribution >= 4 is 11.6 Å². The van der Waals surface area contributed by atoms with Crippen LogP contribution in [0.4, 0.5) is 0 Å². The highest BCUT2D eigenvalue weighted by atomic mass is 35.5. The Morgan fingerprint density at radius 3 is 2.50 bits per heavy atom. The van der Waals surface area contributed by atoms with Gasteiger partial charge in [-0.1, -0.05) is 63.3 Å². The Labute approximate surface area is 129 Å². The normalized spacial score (nSPS) is 24.6. The van der Waals surface area contributed by atoms with Gasteiger partial charge in [0.2, 0.25) is 0 Å². The monoisotopic (exact) mass is 292 g/mol. The molecule has 0 N–H and O–H groups in total. The van der Waals surface area contributed by atoms with Crippen molar-refractivity contribution in [1.82, 2.24) is 0 Å². The highest BCUT2D eigenvalue weighted by Gasteiger charge is 2.26. The maximum atomic E-state index is 6.72. The molecular weight excluding hydrogens is 264 g/mol. The number of aryl methyl sites for hydroxylation is 1. The van der Waals surface area contributed by atoms with Gasteiger partial charge in [-0.25, -0.2) is 0 Å². The van der Waals surface area contributed by atoms with Gasteiger partial charge in [0.25, 0.3) is 0 Å². The Hall–Kier alpha value is -0.490. The van der Waals surface area contributed by atoms with E-state index in [0.717, 1.165) is 18.3 Å². The first-order chi connectivity index (χ1) is 9.70. The van der Waals surface area contributed by atoms with E-state index in [2.05, 4.69) is 38.1 Å². The summed E-state index contributed by atoms with van der Waals surface area (Å²) in [6.07, 6.45) is 10.7. The zero-order valence-electron chi connectivity index (χ0n) is 13.1. The molecular formula is C19H29Cl. The molecule has 0 heterocycles. The molecule has 0 radical (unpaired) electrons. The minimum absolute atomic E-state index is 0.322. The minimum atomic E-state index is 0.322. The summed E-state index contributed by atoms with van der Waals surface area (Å²) >= 11 is 6.72. The Morgan fingerprint density at radius 2 is 1.85 bits per heavy atom. The largest absolute Gasteiger partial charge is 0.122 e. The second-order valence-corrected chi connectivity index (χ2v) is 7.13. The first-order valence-corrected chi connectivity index (χ1v) is 8.83. The summed E-state index contributed by atoms with van der Waals surface area (Å²) in [6, 6.07) is 8.67. The Kier molecular flexibility index (Phi) is 6.42. The third-order valence-electron chi connectivity index (χ3n) is 5.05. The van der Waals surface area contributed by atoms with E-state index in [1.165, 1.54) is 56.1 Å². The average molecular weight is 293 g/mol. The fraction of sp³-hybridized carbons (Fsp3) is 0.684. The van der Waals surface area contributed by atoms with Crippen LogP contribution in [0.3, 0.4) is 0 Å². The predicted octanol–water partition coefficient (Wildman–Crippen LogP) is 6.14. The Morgan fingerprint density at radius 1 is 1.15 bits per heavy atom. The van der Waals surface area contributed by atoms with E-state index in [1.807, 2.05) is 0 Å². The molecule has 112 valence electrons. The van der Waals surface area contributed by atoms with E-state index >= 15 is 0 Å². The molecule has 20 heavy (non-hydrogen) atoms. The van der Waals surface area contributed by atoms with Gasteiger partial charge >= 0.3 is 0 Å². The summed E-state index contributed by atoms with van der Waals surface area (Å²) in [5.41, 5.74) is 2.82. The van der Waals surface area contributed by atoms with Gasteiger partial charge in [0.05, 0.1) is 0 Å². The van der Waals surface area contributed by atoms with Crippen LogP contribution in [0.25, 0.3) is 0 Å². The molecule has 1 saturated carbocycles. The zero-order chi connectivity index (χ0) is 14.4. The van der Waals surface area contributed by atoms with E-state index in [9.17, 15) is 0 Å². The summed E-state index contributed by atoms with van der Waals surface area (Å²) in [6.45, 7) is 4.49. The molecule has 0 saturated heterocycles. The van der Waals surface area contributed by atoms with Crippen molar-refractivity contribution in [2.75, 3.05) is 0 Å². The van der Waals surface area contributed by atoms with E-state index in [1.54, 1.807) is 0 Å². The average Bonchev–Trinajstić information content (AvgIpc) is 2.48. The molecule has 1 aliphatic rings. The topological polar surface area (TPSA) is 0 Å². The molecule has 1 aliphatic carbocycles. The number of benzene rings is 1. The van der Waals surface area contributed by atoms with E-state index < -0.39 is 0 Å². The summed E-state index contributed by atoms with van der Waals surface area (Å²) in [5.74, 6) is 1.71. The van der Waals surface area contributed by atoms with Crippen molar-refractivity contribution in [3.63, 3.8) is 0 Å². The first kappa shape index (κ1) is 15.9. The molecule has 1 heteroatoms. The van der Waals surface area contributed by atoms with Crippen LogP contribution in [0.15, 0.2) is 24.3 Å². The van der Waals surface area contributed by atoms with Crippen LogP contribution in [-0.2, 0) is 6.42 Å². The van der Waals surface area contributed by atoms with Gasteiger partial charge in [0.15, 0.2) is 0 Å². The number of hydrogen-bond donors (Lipinski definition) is 0. The number of halogens is 1. The van der Waals surface area contributed by atoms with Crippen LogP contribution in [0.5, 0.6) is 0 Å². The van der Waals surface area contributed by atoms with Crippen molar-refractivity contribution in [3.05, 3.63) is 35.4 Å². The lowest BCUT2D eigenvalue weighted by Crippen LogP contribution is -2.24. The lowest BCUT2D eigenvalue weighted by molar-refractivity contribution is 0.253. The fourth-order valence-electron chi connectivity index (χ4n) is 3.55. The van der Waals surface area contributed by atoms with Crippen LogP contribution < -0.4 is 0 Å². The molecule has 0 spiro atoms. The predicted molar refractivity (Wildman–Crippen MR) is 89.5 cm³/mol. The molecule has 1 atom stereocenters. The van der Waals surface area contributed by atoms with Crippen LogP contribution >= 0.6 is 11.6 Å². The van der Waals surface area contributed by atoms with Crippen molar-refractivity contribution in [2.45, 2.75) is 70.6 Å². The fourth-order valence-corrected chi connectivity index (χ4v) is 3.97. The summed E-state index contributed by atoms with van der Waals surface area (Å²) in [7, 11) is 0. The molecule has 1 aromatic rings. The third-order valence-corrected chi connectivity index (χ3v) is 5.56. The maximum absolute atomic E-state index is 6.72. The van der Waals surface area contributed by atoms with Crippen molar-refractivity contribution in [1.29, 1.82) is 0 Å². The van der Waals surface area contributed by atoms with Crippen LogP contribution in [-0.4, -0.2) is 5.38 Å². The molecule has 0 amide bonds. The van der Waals surface area contributed by atoms with Gasteiger partial charge in [0.1, 0.15) is 0 Å². The lowest BCUT2D eigenvalue weighted by Gasteiger charge is -2.31. The minimum Gasteiger partial charge on any atom is -0.122 e. The summed E-state index contributed by atoms with van der Waals surface area (Å²) < 4.78 is 0. The van der Waals surface area contributed by atoms with Crippen LogP contribution in [0, 0.1) is 18.8 Å². The highest BCUT2D eigenvalue weighted by Crippen LogP contribution is 2.36. The van der Waals surface area contributed by atoms with Crippen molar-refractivity contribution in [2.24, 2.45) is 11.8 Å². The van der Waals surface area contributed by atoms with Crippen LogP contribution in [0.2, 0.25) is 0 Å². The van der Waals surface area contributed by atoms with Gasteiger partial charge in [-0.2, -0.15) is 0 Å². The van der Waals surface area contributed by atoms with E-state index in [-0.39, 0.29) is 0 Å². The first-order valence-electron chi connectivity index (χ1n) is 8.39. The molecule has 2 rings (SSSR count). The zero-order valence-corrected chi connectivity index (χ0v) is 13.8. The van der Waals surface area contributed by atoms with Gasteiger partial charge in [0, 0.05) is 5.38 Å². The molecule has 1 aromatic carbocycles. The number of rotatable bonds is 6. The van der Waals surface area contributed by atoms with Crippen molar-refractivity contribution < 1.29 is 0 Å². The second-order valence-electron chi connectivity index (χ2n) is 6.57. The molecule has 0 aliphatic heterocycles. The van der Waals surface area contributed by atoms with Gasteiger partial charge in [-0.05, 0) is 49.1 Å². The number of alkyl halides is 1. The Bertz CT molecular complexity index is 391. The SMILES string of the molecule is CCCCC1CCC(C(Cl)Cc2ccccc2C)CC1. The molecule has 1 unspecified atom stereocenters. The number of unbranched alkanes of at least 4 members (excludes halogenated alkanes) is 1. The highest BCUT2D eigenvalue weighted by molar-refractivity contribution is 6.20. The molecule has 0 aromatic heterocycles. The quantitative estimate of drug-likeness (QED) is 0.552. The standard InChI is InChI=1S/C19H29Cl/c1-3-4-8-16-10-12-17(13-11-16)19(20)14-18-9-6-5-7-15(18)2/h5-7,9,16-17,19H,3-4,8,10-14H2,1-2H3. The number of hydrogen-bond acceptors (Lipinski definition) is 0.